The third kappa shape index (κ3) is 2.65. The van der Waals surface area contributed by atoms with E-state index in [1.54, 1.807) is 24.3 Å². The summed E-state index contributed by atoms with van der Waals surface area (Å²) >= 11 is 0. The predicted octanol–water partition coefficient (Wildman–Crippen LogP) is 1.42. The van der Waals surface area contributed by atoms with Gasteiger partial charge in [-0.15, -0.1) is 4.68 Å². The second-order valence-corrected chi connectivity index (χ2v) is 4.92. The summed E-state index contributed by atoms with van der Waals surface area (Å²) in [7, 11) is 0. The molecule has 0 bridgehead atoms. The van der Waals surface area contributed by atoms with Crippen molar-refractivity contribution in [2.45, 2.75) is 0 Å². The Bertz CT molecular complexity index is 988. The van der Waals surface area contributed by atoms with E-state index in [-0.39, 0.29) is 11.3 Å². The minimum absolute atomic E-state index is 0.111. The number of aromatic nitrogens is 3. The molecule has 24 heavy (non-hydrogen) atoms. The number of hydrogen-bond acceptors (Lipinski definition) is 6. The minimum atomic E-state index is -0.693. The molecule has 0 saturated heterocycles. The van der Waals surface area contributed by atoms with E-state index in [1.807, 2.05) is 0 Å². The van der Waals surface area contributed by atoms with Crippen LogP contribution in [0.1, 0.15) is 10.4 Å². The molecule has 0 unspecified atom stereocenters. The van der Waals surface area contributed by atoms with E-state index in [1.165, 1.54) is 18.2 Å². The standard InChI is InChI=1S/C15H11N5O4/c16-10-3-1-9(2-4-10)13-7-11(20(23)24)5-6-12(13)14(21)19-15(22)17-8-18-19/h1-8H,16H2,(H,17,18,22). The van der Waals surface area contributed by atoms with Crippen LogP contribution in [0.25, 0.3) is 11.1 Å². The lowest BCUT2D eigenvalue weighted by molar-refractivity contribution is -0.384. The lowest BCUT2D eigenvalue weighted by Gasteiger charge is -2.09. The number of benzene rings is 2. The highest BCUT2D eigenvalue weighted by molar-refractivity contribution is 6.02. The molecule has 0 aliphatic carbocycles. The number of rotatable bonds is 3. The van der Waals surface area contributed by atoms with Gasteiger partial charge in [-0.25, -0.2) is 4.79 Å². The zero-order valence-corrected chi connectivity index (χ0v) is 12.2. The number of carbonyl (C=O) groups excluding carboxylic acids is 1. The summed E-state index contributed by atoms with van der Waals surface area (Å²) in [5.74, 6) is -0.692. The first-order chi connectivity index (χ1) is 11.5. The van der Waals surface area contributed by atoms with Crippen molar-refractivity contribution in [3.63, 3.8) is 0 Å². The molecule has 9 nitrogen and oxygen atoms in total. The fraction of sp³-hybridized carbons (Fsp3) is 0. The maximum Gasteiger partial charge on any atom is 0.350 e. The van der Waals surface area contributed by atoms with E-state index < -0.39 is 16.5 Å². The number of hydrogen-bond donors (Lipinski definition) is 2. The Morgan fingerprint density at radius 2 is 1.92 bits per heavy atom. The molecule has 0 radical (unpaired) electrons. The van der Waals surface area contributed by atoms with Gasteiger partial charge in [-0.2, -0.15) is 5.10 Å². The second kappa shape index (κ2) is 5.80. The van der Waals surface area contributed by atoms with Crippen LogP contribution in [0, 0.1) is 10.1 Å². The summed E-state index contributed by atoms with van der Waals surface area (Å²) in [4.78, 5) is 36.9. The number of aromatic amines is 1. The van der Waals surface area contributed by atoms with Crippen molar-refractivity contribution in [3.05, 3.63) is 75.0 Å². The summed E-state index contributed by atoms with van der Waals surface area (Å²) in [6.07, 6.45) is 1.09. The molecule has 0 atom stereocenters. The molecular weight excluding hydrogens is 314 g/mol. The van der Waals surface area contributed by atoms with Crippen LogP contribution in [0.3, 0.4) is 0 Å². The van der Waals surface area contributed by atoms with Crippen molar-refractivity contribution < 1.29 is 9.72 Å². The van der Waals surface area contributed by atoms with Crippen LogP contribution >= 0.6 is 0 Å². The first kappa shape index (κ1) is 15.2. The van der Waals surface area contributed by atoms with E-state index in [4.69, 9.17) is 5.73 Å². The molecule has 0 saturated carbocycles. The van der Waals surface area contributed by atoms with E-state index in [9.17, 15) is 19.7 Å². The highest BCUT2D eigenvalue weighted by Crippen LogP contribution is 2.29. The van der Waals surface area contributed by atoms with Crippen LogP contribution in [0.15, 0.2) is 53.6 Å². The van der Waals surface area contributed by atoms with Crippen molar-refractivity contribution in [1.29, 1.82) is 0 Å². The molecular formula is C15H11N5O4. The molecule has 120 valence electrons. The average molecular weight is 325 g/mol. The highest BCUT2D eigenvalue weighted by Gasteiger charge is 2.20. The highest BCUT2D eigenvalue weighted by atomic mass is 16.6. The Balaban J connectivity index is 2.20. The number of nitro groups is 1. The van der Waals surface area contributed by atoms with E-state index in [0.29, 0.717) is 21.5 Å². The predicted molar refractivity (Wildman–Crippen MR) is 85.5 cm³/mol. The van der Waals surface area contributed by atoms with Gasteiger partial charge in [-0.05, 0) is 23.8 Å². The van der Waals surface area contributed by atoms with Crippen molar-refractivity contribution in [1.82, 2.24) is 14.8 Å². The molecule has 3 rings (SSSR count). The zero-order valence-electron chi connectivity index (χ0n) is 12.2. The van der Waals surface area contributed by atoms with Crippen LogP contribution in [-0.4, -0.2) is 25.6 Å². The molecule has 0 aliphatic rings. The lowest BCUT2D eigenvalue weighted by Crippen LogP contribution is -2.26. The minimum Gasteiger partial charge on any atom is -0.399 e. The van der Waals surface area contributed by atoms with Gasteiger partial charge in [0.1, 0.15) is 6.33 Å². The SMILES string of the molecule is Nc1ccc(-c2cc([N+](=O)[O-])ccc2C(=O)n2nc[nH]c2=O)cc1. The second-order valence-electron chi connectivity index (χ2n) is 4.92. The summed E-state index contributed by atoms with van der Waals surface area (Å²) in [6.45, 7) is 0. The quantitative estimate of drug-likeness (QED) is 0.424. The van der Waals surface area contributed by atoms with Crippen molar-refractivity contribution in [2.24, 2.45) is 0 Å². The summed E-state index contributed by atoms with van der Waals surface area (Å²) < 4.78 is 0.655. The molecule has 9 heteroatoms. The molecule has 1 heterocycles. The first-order valence-corrected chi connectivity index (χ1v) is 6.79. The molecule has 0 aliphatic heterocycles. The number of nitrogens with two attached hydrogens (primary N) is 1. The largest absolute Gasteiger partial charge is 0.399 e. The van der Waals surface area contributed by atoms with Gasteiger partial charge in [0.2, 0.25) is 0 Å². The Morgan fingerprint density at radius 1 is 1.21 bits per heavy atom. The molecule has 3 N–H and O–H groups in total. The fourth-order valence-corrected chi connectivity index (χ4v) is 2.25. The van der Waals surface area contributed by atoms with Crippen LogP contribution in [0.4, 0.5) is 11.4 Å². The van der Waals surface area contributed by atoms with Gasteiger partial charge in [-0.3, -0.25) is 19.9 Å². The maximum atomic E-state index is 12.6. The average Bonchev–Trinajstić information content (AvgIpc) is 3.00. The van der Waals surface area contributed by atoms with Crippen molar-refractivity contribution >= 4 is 17.3 Å². The number of nitrogens with one attached hydrogen (secondary N) is 1. The number of H-pyrrole nitrogens is 1. The summed E-state index contributed by atoms with van der Waals surface area (Å²) in [6, 6.07) is 10.3. The van der Waals surface area contributed by atoms with Gasteiger partial charge in [0.15, 0.2) is 0 Å². The van der Waals surface area contributed by atoms with Gasteiger partial charge >= 0.3 is 5.69 Å². The Kier molecular flexibility index (Phi) is 3.66. The van der Waals surface area contributed by atoms with E-state index in [0.717, 1.165) is 6.33 Å². The third-order valence-corrected chi connectivity index (χ3v) is 3.41. The lowest BCUT2D eigenvalue weighted by atomic mass is 9.98. The molecule has 1 aromatic heterocycles. The maximum absolute atomic E-state index is 12.6. The Labute approximate surface area is 134 Å². The molecule has 0 amide bonds. The molecule has 2 aromatic carbocycles. The number of anilines is 1. The number of nitrogens with zero attached hydrogens (tertiary/aromatic N) is 3. The third-order valence-electron chi connectivity index (χ3n) is 3.41. The fourth-order valence-electron chi connectivity index (χ4n) is 2.25. The molecule has 0 fully saturated rings. The topological polar surface area (TPSA) is 137 Å². The van der Waals surface area contributed by atoms with Crippen LogP contribution in [0.2, 0.25) is 0 Å². The van der Waals surface area contributed by atoms with Crippen LogP contribution in [-0.2, 0) is 0 Å². The Hall–Kier alpha value is -3.75. The monoisotopic (exact) mass is 325 g/mol. The smallest absolute Gasteiger partial charge is 0.350 e. The number of carbonyl (C=O) groups is 1. The molecule has 3 aromatic rings. The van der Waals surface area contributed by atoms with Crippen LogP contribution < -0.4 is 11.4 Å². The van der Waals surface area contributed by atoms with E-state index >= 15 is 0 Å². The van der Waals surface area contributed by atoms with Crippen molar-refractivity contribution in [2.75, 3.05) is 5.73 Å². The molecule has 0 spiro atoms. The summed E-state index contributed by atoms with van der Waals surface area (Å²) in [5, 5.41) is 14.7. The van der Waals surface area contributed by atoms with Gasteiger partial charge in [-0.1, -0.05) is 12.1 Å². The van der Waals surface area contributed by atoms with E-state index in [2.05, 4.69) is 10.1 Å². The van der Waals surface area contributed by atoms with Gasteiger partial charge in [0.25, 0.3) is 11.6 Å². The number of non-ortho nitro benzene ring substituents is 1. The van der Waals surface area contributed by atoms with Gasteiger partial charge < -0.3 is 5.73 Å². The van der Waals surface area contributed by atoms with Crippen molar-refractivity contribution in [3.8, 4) is 11.1 Å². The normalized spacial score (nSPS) is 10.5. The van der Waals surface area contributed by atoms with Crippen LogP contribution in [0.5, 0.6) is 0 Å². The Morgan fingerprint density at radius 3 is 2.50 bits per heavy atom. The van der Waals surface area contributed by atoms with Gasteiger partial charge in [0.05, 0.1) is 10.5 Å². The zero-order chi connectivity index (χ0) is 17.3. The van der Waals surface area contributed by atoms with Gasteiger partial charge in [0, 0.05) is 23.4 Å². The number of nitrogen functional groups attached to an aromatic ring is 1. The first-order valence-electron chi connectivity index (χ1n) is 6.79. The number of nitro benzene ring substituents is 1. The summed E-state index contributed by atoms with van der Waals surface area (Å²) in [5.41, 5.74) is 6.27.